The Morgan fingerprint density at radius 1 is 1.57 bits per heavy atom. The van der Waals surface area contributed by atoms with Gasteiger partial charge < -0.3 is 4.90 Å². The molecule has 1 amide bonds. The zero-order chi connectivity index (χ0) is 10.8. The minimum absolute atomic E-state index is 0.178. The first-order valence-corrected chi connectivity index (χ1v) is 5.83. The summed E-state index contributed by atoms with van der Waals surface area (Å²) in [5, 5.41) is 0. The van der Waals surface area contributed by atoms with Gasteiger partial charge in [0.05, 0.1) is 0 Å². The van der Waals surface area contributed by atoms with Crippen LogP contribution in [0, 0.1) is 11.3 Å². The number of amides is 1. The molecule has 0 heterocycles. The largest absolute Gasteiger partial charge is 0.344 e. The van der Waals surface area contributed by atoms with E-state index in [0.717, 1.165) is 12.8 Å². The number of halogens is 1. The van der Waals surface area contributed by atoms with Gasteiger partial charge in [-0.1, -0.05) is 20.3 Å². The van der Waals surface area contributed by atoms with Crippen molar-refractivity contribution in [2.75, 3.05) is 19.5 Å². The van der Waals surface area contributed by atoms with Crippen LogP contribution in [0.25, 0.3) is 0 Å². The van der Waals surface area contributed by atoms with Gasteiger partial charge in [0.25, 0.3) is 0 Å². The molecule has 82 valence electrons. The Morgan fingerprint density at radius 3 is 2.64 bits per heavy atom. The fourth-order valence-electron chi connectivity index (χ4n) is 2.29. The number of hydrogen-bond acceptors (Lipinski definition) is 1. The van der Waals surface area contributed by atoms with Crippen molar-refractivity contribution < 1.29 is 4.79 Å². The molecule has 0 aliphatic heterocycles. The van der Waals surface area contributed by atoms with Crippen LogP contribution in [0.3, 0.4) is 0 Å². The van der Waals surface area contributed by atoms with Gasteiger partial charge in [-0.3, -0.25) is 4.79 Å². The van der Waals surface area contributed by atoms with E-state index in [1.165, 1.54) is 6.42 Å². The molecule has 0 saturated heterocycles. The minimum Gasteiger partial charge on any atom is -0.344 e. The molecule has 2 nitrogen and oxygen atoms in total. The Bertz CT molecular complexity index is 215. The van der Waals surface area contributed by atoms with Crippen LogP contribution >= 0.6 is 11.6 Å². The molecular formula is C11H20ClNO. The Balaban J connectivity index is 2.60. The summed E-state index contributed by atoms with van der Waals surface area (Å²) in [5.41, 5.74) is 0.178. The maximum atomic E-state index is 12.0. The first-order valence-electron chi connectivity index (χ1n) is 5.30. The van der Waals surface area contributed by atoms with E-state index in [4.69, 9.17) is 11.6 Å². The highest BCUT2D eigenvalue weighted by Crippen LogP contribution is 2.43. The van der Waals surface area contributed by atoms with Crippen LogP contribution in [0.5, 0.6) is 0 Å². The highest BCUT2D eigenvalue weighted by Gasteiger charge is 2.40. The first-order chi connectivity index (χ1) is 6.49. The molecule has 1 aliphatic rings. The van der Waals surface area contributed by atoms with Crippen molar-refractivity contribution in [2.24, 2.45) is 11.3 Å². The molecule has 1 aliphatic carbocycles. The molecule has 1 saturated carbocycles. The first kappa shape index (κ1) is 11.8. The number of nitrogens with zero attached hydrogens (tertiary/aromatic N) is 1. The third-order valence-corrected chi connectivity index (χ3v) is 3.52. The molecule has 1 atom stereocenters. The van der Waals surface area contributed by atoms with Gasteiger partial charge in [0.1, 0.15) is 0 Å². The second-order valence-electron chi connectivity index (χ2n) is 4.88. The molecule has 0 bridgehead atoms. The predicted molar refractivity (Wildman–Crippen MR) is 59.5 cm³/mol. The van der Waals surface area contributed by atoms with Crippen molar-refractivity contribution in [3.63, 3.8) is 0 Å². The summed E-state index contributed by atoms with van der Waals surface area (Å²) in [5.74, 6) is 0.999. The molecule has 0 aromatic rings. The van der Waals surface area contributed by atoms with Crippen LogP contribution in [0.4, 0.5) is 0 Å². The van der Waals surface area contributed by atoms with E-state index in [1.54, 1.807) is 4.90 Å². The standard InChI is InChI=1S/C11H20ClNO/c1-11(2)6-4-5-9(11)10(14)13(3)8-7-12/h9H,4-8H2,1-3H3. The molecule has 1 rings (SSSR count). The van der Waals surface area contributed by atoms with Crippen molar-refractivity contribution in [1.29, 1.82) is 0 Å². The smallest absolute Gasteiger partial charge is 0.225 e. The molecule has 0 aromatic carbocycles. The Hall–Kier alpha value is -0.240. The van der Waals surface area contributed by atoms with Gasteiger partial charge in [-0.2, -0.15) is 0 Å². The summed E-state index contributed by atoms with van der Waals surface area (Å²) in [6.07, 6.45) is 3.38. The number of carbonyl (C=O) groups is 1. The van der Waals surface area contributed by atoms with Crippen LogP contribution in [0.15, 0.2) is 0 Å². The van der Waals surface area contributed by atoms with Crippen LogP contribution in [0.2, 0.25) is 0 Å². The van der Waals surface area contributed by atoms with Crippen LogP contribution in [0.1, 0.15) is 33.1 Å². The summed E-state index contributed by atoms with van der Waals surface area (Å²) >= 11 is 5.62. The average Bonchev–Trinajstić information content (AvgIpc) is 2.44. The Labute approximate surface area is 91.6 Å². The number of rotatable bonds is 3. The van der Waals surface area contributed by atoms with Gasteiger partial charge in [0.15, 0.2) is 0 Å². The normalized spacial score (nSPS) is 25.0. The predicted octanol–water partition coefficient (Wildman–Crippen LogP) is 2.51. The average molecular weight is 218 g/mol. The van der Waals surface area contributed by atoms with E-state index in [1.807, 2.05) is 7.05 Å². The fourth-order valence-corrected chi connectivity index (χ4v) is 2.54. The van der Waals surface area contributed by atoms with E-state index >= 15 is 0 Å². The van der Waals surface area contributed by atoms with Crippen molar-refractivity contribution in [3.05, 3.63) is 0 Å². The van der Waals surface area contributed by atoms with E-state index in [2.05, 4.69) is 13.8 Å². The molecule has 0 spiro atoms. The molecule has 0 N–H and O–H groups in total. The van der Waals surface area contributed by atoms with Crippen LogP contribution in [-0.4, -0.2) is 30.3 Å². The van der Waals surface area contributed by atoms with Crippen molar-refractivity contribution >= 4 is 17.5 Å². The Kier molecular flexibility index (Phi) is 3.82. The third kappa shape index (κ3) is 2.41. The van der Waals surface area contributed by atoms with E-state index in [9.17, 15) is 4.79 Å². The summed E-state index contributed by atoms with van der Waals surface area (Å²) in [4.78, 5) is 13.8. The highest BCUT2D eigenvalue weighted by atomic mass is 35.5. The van der Waals surface area contributed by atoms with Gasteiger partial charge in [-0.05, 0) is 18.3 Å². The van der Waals surface area contributed by atoms with Gasteiger partial charge in [-0.25, -0.2) is 0 Å². The van der Waals surface area contributed by atoms with Crippen molar-refractivity contribution in [2.45, 2.75) is 33.1 Å². The minimum atomic E-state index is 0.178. The Morgan fingerprint density at radius 2 is 2.21 bits per heavy atom. The lowest BCUT2D eigenvalue weighted by atomic mass is 9.81. The fraction of sp³-hybridized carbons (Fsp3) is 0.909. The molecule has 0 aromatic heterocycles. The SMILES string of the molecule is CN(CCCl)C(=O)C1CCCC1(C)C. The molecule has 3 heteroatoms. The zero-order valence-electron chi connectivity index (χ0n) is 9.35. The third-order valence-electron chi connectivity index (χ3n) is 3.35. The second-order valence-corrected chi connectivity index (χ2v) is 5.26. The van der Waals surface area contributed by atoms with E-state index in [-0.39, 0.29) is 17.2 Å². The van der Waals surface area contributed by atoms with Gasteiger partial charge in [0.2, 0.25) is 5.91 Å². The maximum absolute atomic E-state index is 12.0. The molecule has 14 heavy (non-hydrogen) atoms. The lowest BCUT2D eigenvalue weighted by Crippen LogP contribution is -2.38. The van der Waals surface area contributed by atoms with E-state index in [0.29, 0.717) is 12.4 Å². The highest BCUT2D eigenvalue weighted by molar-refractivity contribution is 6.18. The monoisotopic (exact) mass is 217 g/mol. The maximum Gasteiger partial charge on any atom is 0.225 e. The summed E-state index contributed by atoms with van der Waals surface area (Å²) < 4.78 is 0. The second kappa shape index (κ2) is 4.52. The molecule has 1 fully saturated rings. The molecular weight excluding hydrogens is 198 g/mol. The quantitative estimate of drug-likeness (QED) is 0.666. The lowest BCUT2D eigenvalue weighted by Gasteiger charge is -2.29. The van der Waals surface area contributed by atoms with Gasteiger partial charge in [-0.15, -0.1) is 11.6 Å². The molecule has 1 unspecified atom stereocenters. The summed E-state index contributed by atoms with van der Waals surface area (Å²) in [7, 11) is 1.85. The summed E-state index contributed by atoms with van der Waals surface area (Å²) in [6.45, 7) is 5.04. The lowest BCUT2D eigenvalue weighted by molar-refractivity contribution is -0.136. The molecule has 0 radical (unpaired) electrons. The van der Waals surface area contributed by atoms with Crippen molar-refractivity contribution in [3.8, 4) is 0 Å². The number of alkyl halides is 1. The van der Waals surface area contributed by atoms with Gasteiger partial charge in [0, 0.05) is 25.4 Å². The van der Waals surface area contributed by atoms with E-state index < -0.39 is 0 Å². The van der Waals surface area contributed by atoms with Crippen LogP contribution < -0.4 is 0 Å². The topological polar surface area (TPSA) is 20.3 Å². The van der Waals surface area contributed by atoms with Crippen molar-refractivity contribution in [1.82, 2.24) is 4.90 Å². The zero-order valence-corrected chi connectivity index (χ0v) is 10.1. The van der Waals surface area contributed by atoms with Gasteiger partial charge >= 0.3 is 0 Å². The summed E-state index contributed by atoms with van der Waals surface area (Å²) in [6, 6.07) is 0. The number of hydrogen-bond donors (Lipinski definition) is 0. The van der Waals surface area contributed by atoms with Crippen LogP contribution in [-0.2, 0) is 4.79 Å². The number of carbonyl (C=O) groups excluding carboxylic acids is 1.